The molecule has 1 saturated heterocycles. The fourth-order valence-corrected chi connectivity index (χ4v) is 5.80. The van der Waals surface area contributed by atoms with E-state index in [0.29, 0.717) is 48.7 Å². The Hall–Kier alpha value is -3.59. The number of amides is 1. The van der Waals surface area contributed by atoms with E-state index in [1.807, 2.05) is 29.2 Å². The highest BCUT2D eigenvalue weighted by Crippen LogP contribution is 2.44. The van der Waals surface area contributed by atoms with Gasteiger partial charge in [0.25, 0.3) is 0 Å². The molecule has 3 aromatic carbocycles. The van der Waals surface area contributed by atoms with Crippen molar-refractivity contribution in [3.8, 4) is 11.1 Å². The lowest BCUT2D eigenvalue weighted by Gasteiger charge is -2.36. The van der Waals surface area contributed by atoms with E-state index in [-0.39, 0.29) is 18.6 Å². The topological polar surface area (TPSA) is 92.9 Å². The van der Waals surface area contributed by atoms with Gasteiger partial charge in [-0.3, -0.25) is 0 Å². The van der Waals surface area contributed by atoms with Gasteiger partial charge in [-0.05, 0) is 52.4 Å². The molecule has 3 aromatic rings. The van der Waals surface area contributed by atoms with Crippen LogP contribution >= 0.6 is 0 Å². The molecular weight excluding hydrogens is 481 g/mol. The Balaban J connectivity index is 1.22. The van der Waals surface area contributed by atoms with Gasteiger partial charge < -0.3 is 20.3 Å². The van der Waals surface area contributed by atoms with Gasteiger partial charge in [-0.2, -0.15) is 8.42 Å². The largest absolute Gasteiger partial charge is 0.448 e. The minimum Gasteiger partial charge on any atom is -0.448 e. The van der Waals surface area contributed by atoms with Gasteiger partial charge in [0.05, 0.1) is 0 Å². The molecule has 1 aliphatic heterocycles. The first kappa shape index (κ1) is 24.1. The number of nitrogens with two attached hydrogens (primary N) is 1. The maximum absolute atomic E-state index is 13.3. The van der Waals surface area contributed by atoms with Gasteiger partial charge in [0, 0.05) is 43.5 Å². The Bertz CT molecular complexity index is 1370. The molecule has 188 valence electrons. The fraction of sp³-hybridized carbons (Fsp3) is 0.296. The number of hydrogen-bond acceptors (Lipinski definition) is 6. The van der Waals surface area contributed by atoms with E-state index in [9.17, 15) is 17.1 Å². The molecule has 0 radical (unpaired) electrons. The number of anilines is 2. The van der Waals surface area contributed by atoms with E-state index in [4.69, 9.17) is 10.5 Å². The van der Waals surface area contributed by atoms with Gasteiger partial charge >= 0.3 is 16.3 Å². The van der Waals surface area contributed by atoms with Crippen LogP contribution in [-0.2, 0) is 20.7 Å². The molecule has 5 rings (SSSR count). The molecule has 2 N–H and O–H groups in total. The highest BCUT2D eigenvalue weighted by Gasteiger charge is 2.30. The zero-order valence-corrected chi connectivity index (χ0v) is 20.8. The average molecular weight is 510 g/mol. The lowest BCUT2D eigenvalue weighted by Crippen LogP contribution is -2.49. The van der Waals surface area contributed by atoms with Gasteiger partial charge in [0.2, 0.25) is 0 Å². The lowest BCUT2D eigenvalue weighted by molar-refractivity contribution is 0.0977. The molecule has 1 fully saturated rings. The summed E-state index contributed by atoms with van der Waals surface area (Å²) in [6, 6.07) is 19.8. The summed E-state index contributed by atoms with van der Waals surface area (Å²) in [4.78, 5) is 16.6. The molecule has 0 bridgehead atoms. The summed E-state index contributed by atoms with van der Waals surface area (Å²) in [7, 11) is -4.68. The number of carbonyl (C=O) groups excluding carboxylic acids is 1. The summed E-state index contributed by atoms with van der Waals surface area (Å²) >= 11 is 0. The monoisotopic (exact) mass is 509 g/mol. The molecule has 36 heavy (non-hydrogen) atoms. The van der Waals surface area contributed by atoms with E-state index in [0.717, 1.165) is 0 Å². The van der Waals surface area contributed by atoms with Crippen LogP contribution in [0.15, 0.2) is 60.7 Å². The second-order valence-corrected chi connectivity index (χ2v) is 10.6. The van der Waals surface area contributed by atoms with Crippen LogP contribution in [-0.4, -0.2) is 52.2 Å². The summed E-state index contributed by atoms with van der Waals surface area (Å²) in [5.41, 5.74) is 12.8. The van der Waals surface area contributed by atoms with Crippen molar-refractivity contribution in [1.82, 2.24) is 4.90 Å². The minimum absolute atomic E-state index is 0.00313. The van der Waals surface area contributed by atoms with Crippen LogP contribution in [0.2, 0.25) is 0 Å². The number of ether oxygens (including phenoxy) is 1. The van der Waals surface area contributed by atoms with Crippen molar-refractivity contribution in [2.75, 3.05) is 43.4 Å². The molecule has 0 saturated carbocycles. The van der Waals surface area contributed by atoms with Crippen molar-refractivity contribution in [3.05, 3.63) is 82.9 Å². The van der Waals surface area contributed by atoms with Crippen LogP contribution in [0.4, 0.5) is 20.1 Å². The summed E-state index contributed by atoms with van der Waals surface area (Å²) < 4.78 is 41.4. The Morgan fingerprint density at radius 2 is 1.58 bits per heavy atom. The molecule has 1 amide bonds. The smallest absolute Gasteiger partial charge is 0.409 e. The average Bonchev–Trinajstić information content (AvgIpc) is 3.18. The summed E-state index contributed by atoms with van der Waals surface area (Å²) in [5.74, 6) is -0.709. The van der Waals surface area contributed by atoms with E-state index in [2.05, 4.69) is 24.3 Å². The first-order chi connectivity index (χ1) is 17.2. The van der Waals surface area contributed by atoms with Crippen LogP contribution in [0.1, 0.15) is 28.2 Å². The van der Waals surface area contributed by atoms with E-state index >= 15 is 0 Å². The zero-order valence-electron chi connectivity index (χ0n) is 20.0. The van der Waals surface area contributed by atoms with Crippen molar-refractivity contribution < 1.29 is 21.8 Å². The number of halogens is 1. The molecule has 0 unspecified atom stereocenters. The van der Waals surface area contributed by atoms with Crippen molar-refractivity contribution in [2.24, 2.45) is 0 Å². The Morgan fingerprint density at radius 3 is 2.17 bits per heavy atom. The quantitative estimate of drug-likeness (QED) is 0.404. The van der Waals surface area contributed by atoms with E-state index < -0.39 is 16.0 Å². The predicted molar refractivity (Wildman–Crippen MR) is 138 cm³/mol. The van der Waals surface area contributed by atoms with Crippen LogP contribution < -0.4 is 10.6 Å². The van der Waals surface area contributed by atoms with E-state index in [1.165, 1.54) is 22.3 Å². The van der Waals surface area contributed by atoms with Gasteiger partial charge in [0.1, 0.15) is 12.4 Å². The van der Waals surface area contributed by atoms with Gasteiger partial charge in [0.15, 0.2) is 0 Å². The number of piperazine rings is 1. The Labute approximate surface area is 210 Å². The van der Waals surface area contributed by atoms with Crippen LogP contribution in [0, 0.1) is 6.92 Å². The molecule has 7 nitrogen and oxygen atoms in total. The number of carbonyl (C=O) groups is 1. The molecule has 0 atom stereocenters. The summed E-state index contributed by atoms with van der Waals surface area (Å²) in [5, 5.41) is 0. The maximum atomic E-state index is 13.3. The number of benzene rings is 3. The third-order valence-corrected chi connectivity index (χ3v) is 7.76. The Kier molecular flexibility index (Phi) is 6.34. The zero-order chi connectivity index (χ0) is 25.4. The number of nitrogen functional groups attached to an aromatic ring is 1. The molecule has 0 aromatic heterocycles. The number of fused-ring (bicyclic) bond motifs is 3. The SMILES string of the molecule is Cc1c(N)cc(N2CCN(C(=O)OCC3c4ccccc4-c4ccccc43)CC2)cc1CS(=O)(=O)F. The van der Waals surface area contributed by atoms with Crippen molar-refractivity contribution in [1.29, 1.82) is 0 Å². The summed E-state index contributed by atoms with van der Waals surface area (Å²) in [6.07, 6.45) is -0.357. The van der Waals surface area contributed by atoms with Gasteiger partial charge in [-0.15, -0.1) is 3.89 Å². The highest BCUT2D eigenvalue weighted by atomic mass is 32.3. The maximum Gasteiger partial charge on any atom is 0.409 e. The van der Waals surface area contributed by atoms with Crippen LogP contribution in [0.25, 0.3) is 11.1 Å². The molecule has 1 aliphatic carbocycles. The number of hydrogen-bond donors (Lipinski definition) is 1. The first-order valence-electron chi connectivity index (χ1n) is 11.9. The van der Waals surface area contributed by atoms with Crippen molar-refractivity contribution in [2.45, 2.75) is 18.6 Å². The summed E-state index contributed by atoms with van der Waals surface area (Å²) in [6.45, 7) is 3.88. The minimum atomic E-state index is -4.68. The second-order valence-electron chi connectivity index (χ2n) is 9.28. The molecular formula is C27H28FN3O4S. The highest BCUT2D eigenvalue weighted by molar-refractivity contribution is 7.85. The van der Waals surface area contributed by atoms with Gasteiger partial charge in [-0.1, -0.05) is 48.5 Å². The third-order valence-electron chi connectivity index (χ3n) is 7.11. The van der Waals surface area contributed by atoms with Crippen LogP contribution in [0.5, 0.6) is 0 Å². The standard InChI is InChI=1S/C27H28FN3O4S/c1-18-19(17-36(28,33)34)14-20(15-26(18)29)30-10-12-31(13-11-30)27(32)35-16-25-23-8-4-2-6-21(23)22-7-3-5-9-24(22)25/h2-9,14-15,25H,10-13,16-17,29H2,1H3. The molecule has 0 spiro atoms. The van der Waals surface area contributed by atoms with Crippen molar-refractivity contribution in [3.63, 3.8) is 0 Å². The predicted octanol–water partition coefficient (Wildman–Crippen LogP) is 4.45. The Morgan fingerprint density at radius 1 is 1.00 bits per heavy atom. The van der Waals surface area contributed by atoms with E-state index in [1.54, 1.807) is 24.0 Å². The van der Waals surface area contributed by atoms with Crippen LogP contribution in [0.3, 0.4) is 0 Å². The number of rotatable bonds is 5. The first-order valence-corrected chi connectivity index (χ1v) is 13.4. The lowest BCUT2D eigenvalue weighted by atomic mass is 9.98. The second kappa shape index (κ2) is 9.46. The van der Waals surface area contributed by atoms with Gasteiger partial charge in [-0.25, -0.2) is 4.79 Å². The molecule has 9 heteroatoms. The number of nitrogens with zero attached hydrogens (tertiary/aromatic N) is 2. The molecule has 2 aliphatic rings. The molecule has 1 heterocycles. The fourth-order valence-electron chi connectivity index (χ4n) is 5.13. The van der Waals surface area contributed by atoms with Crippen molar-refractivity contribution >= 4 is 27.7 Å². The normalized spacial score (nSPS) is 15.5. The third kappa shape index (κ3) is 4.75.